The molecule has 0 aliphatic carbocycles. The average Bonchev–Trinajstić information content (AvgIpc) is 2.88. The molecule has 3 unspecified atom stereocenters. The largest absolute Gasteiger partial charge is 0.368 e. The first-order valence-electron chi connectivity index (χ1n) is 11.7. The van der Waals surface area contributed by atoms with Crippen LogP contribution in [0.2, 0.25) is 0 Å². The van der Waals surface area contributed by atoms with Gasteiger partial charge in [0.1, 0.15) is 5.28 Å². The van der Waals surface area contributed by atoms with Gasteiger partial charge in [-0.1, -0.05) is 124 Å². The highest BCUT2D eigenvalue weighted by molar-refractivity contribution is 7.62. The van der Waals surface area contributed by atoms with E-state index in [1.807, 2.05) is 37.3 Å². The predicted molar refractivity (Wildman–Crippen MR) is 140 cm³/mol. The molecule has 1 saturated heterocycles. The first kappa shape index (κ1) is 23.4. The summed E-state index contributed by atoms with van der Waals surface area (Å²) in [6.07, 6.45) is 8.18. The Morgan fingerprint density at radius 2 is 1.42 bits per heavy atom. The van der Waals surface area contributed by atoms with Crippen LogP contribution >= 0.6 is 7.92 Å². The van der Waals surface area contributed by atoms with Crippen LogP contribution < -0.4 is 11.5 Å². The molecule has 1 fully saturated rings. The lowest BCUT2D eigenvalue weighted by Crippen LogP contribution is -2.58. The van der Waals surface area contributed by atoms with Crippen molar-refractivity contribution < 1.29 is 4.79 Å². The maximum atomic E-state index is 13.2. The average molecular weight is 457 g/mol. The van der Waals surface area contributed by atoms with Gasteiger partial charge in [-0.05, 0) is 35.7 Å². The Bertz CT molecular complexity index is 1040. The lowest BCUT2D eigenvalue weighted by molar-refractivity contribution is -0.121. The van der Waals surface area contributed by atoms with Crippen LogP contribution in [0.4, 0.5) is 0 Å². The highest BCUT2D eigenvalue weighted by Crippen LogP contribution is 2.71. The fourth-order valence-corrected chi connectivity index (χ4v) is 9.36. The molecule has 0 spiro atoms. The van der Waals surface area contributed by atoms with E-state index in [2.05, 4.69) is 72.8 Å². The predicted octanol–water partition coefficient (Wildman–Crippen LogP) is 6.09. The maximum absolute atomic E-state index is 13.2. The molecule has 1 amide bonds. The van der Waals surface area contributed by atoms with Gasteiger partial charge in [0.15, 0.2) is 0 Å². The van der Waals surface area contributed by atoms with Crippen molar-refractivity contribution in [1.82, 2.24) is 0 Å². The summed E-state index contributed by atoms with van der Waals surface area (Å²) in [5, 5.41) is -1.44. The standard InChI is InChI=1S/C29H33N2OP/c1-23(19-20-24-13-5-2-6-14-24)29(31,27(30)32)33-22-12-11-21-28(33,25-15-7-3-8-16-25)26-17-9-4-10-18-26/h2-10,13-20,23H,11-12,21-22,31H2,1H3,(H2,30,32)/b20-19+. The van der Waals surface area contributed by atoms with E-state index in [0.717, 1.165) is 31.0 Å². The number of carbonyl (C=O) groups excluding carboxylic acids is 1. The first-order valence-corrected chi connectivity index (χ1v) is 13.2. The van der Waals surface area contributed by atoms with E-state index in [4.69, 9.17) is 11.5 Å². The molecule has 170 valence electrons. The molecule has 0 radical (unpaired) electrons. The topological polar surface area (TPSA) is 69.1 Å². The van der Waals surface area contributed by atoms with Crippen LogP contribution in [0.5, 0.6) is 0 Å². The molecule has 0 saturated carbocycles. The lowest BCUT2D eigenvalue weighted by Gasteiger charge is -2.53. The second-order valence-corrected chi connectivity index (χ2v) is 11.8. The van der Waals surface area contributed by atoms with Gasteiger partial charge in [0, 0.05) is 11.1 Å². The highest BCUT2D eigenvalue weighted by Gasteiger charge is 2.56. The summed E-state index contributed by atoms with van der Waals surface area (Å²) in [5.74, 6) is -0.608. The number of nitrogens with two attached hydrogens (primary N) is 2. The summed E-state index contributed by atoms with van der Waals surface area (Å²) in [6.45, 7) is 2.04. The van der Waals surface area contributed by atoms with E-state index in [1.165, 1.54) is 11.1 Å². The van der Waals surface area contributed by atoms with Gasteiger partial charge in [-0.15, -0.1) is 0 Å². The molecule has 1 aliphatic heterocycles. The molecule has 3 aromatic carbocycles. The van der Waals surface area contributed by atoms with Crippen molar-refractivity contribution in [2.45, 2.75) is 36.6 Å². The zero-order valence-corrected chi connectivity index (χ0v) is 20.1. The molecule has 1 heterocycles. The Morgan fingerprint density at radius 3 is 1.94 bits per heavy atom. The van der Waals surface area contributed by atoms with E-state index in [1.54, 1.807) is 0 Å². The SMILES string of the molecule is CC(/C=C/c1ccccc1)C(N)(C(N)=O)P1CCCCC1(c1ccccc1)c1ccccc1. The first-order chi connectivity index (χ1) is 16.0. The van der Waals surface area contributed by atoms with E-state index in [0.29, 0.717) is 0 Å². The van der Waals surface area contributed by atoms with Crippen molar-refractivity contribution in [2.75, 3.05) is 6.16 Å². The van der Waals surface area contributed by atoms with Crippen molar-refractivity contribution >= 4 is 19.9 Å². The van der Waals surface area contributed by atoms with Gasteiger partial charge in [0.25, 0.3) is 0 Å². The molecule has 3 aromatic rings. The second-order valence-electron chi connectivity index (χ2n) is 8.95. The Hall–Kier alpha value is -2.74. The zero-order valence-electron chi connectivity index (χ0n) is 19.2. The molecule has 33 heavy (non-hydrogen) atoms. The second kappa shape index (κ2) is 10.0. The van der Waals surface area contributed by atoms with Gasteiger partial charge in [-0.2, -0.15) is 0 Å². The number of primary amides is 1. The normalized spacial score (nSPS) is 20.7. The molecule has 3 nitrogen and oxygen atoms in total. The summed E-state index contributed by atoms with van der Waals surface area (Å²) in [6, 6.07) is 31.3. The Labute approximate surface area is 198 Å². The monoisotopic (exact) mass is 456 g/mol. The molecule has 0 bridgehead atoms. The van der Waals surface area contributed by atoms with Gasteiger partial charge in [-0.3, -0.25) is 4.79 Å². The number of hydrogen-bond acceptors (Lipinski definition) is 2. The van der Waals surface area contributed by atoms with Crippen LogP contribution in [0.15, 0.2) is 97.1 Å². The summed E-state index contributed by atoms with van der Waals surface area (Å²) < 4.78 is 0. The molecule has 4 heteroatoms. The third-order valence-corrected chi connectivity index (χ3v) is 11.0. The van der Waals surface area contributed by atoms with E-state index < -0.39 is 19.1 Å². The summed E-state index contributed by atoms with van der Waals surface area (Å²) in [7, 11) is -1.02. The maximum Gasteiger partial charge on any atom is 0.242 e. The van der Waals surface area contributed by atoms with Crippen molar-refractivity contribution in [3.05, 3.63) is 114 Å². The Balaban J connectivity index is 1.85. The lowest BCUT2D eigenvalue weighted by atomic mass is 9.85. The minimum Gasteiger partial charge on any atom is -0.368 e. The van der Waals surface area contributed by atoms with E-state index >= 15 is 0 Å². The van der Waals surface area contributed by atoms with Crippen molar-refractivity contribution in [3.63, 3.8) is 0 Å². The minimum absolute atomic E-state index is 0.203. The minimum atomic E-state index is -1.13. The van der Waals surface area contributed by atoms with Crippen LogP contribution in [0, 0.1) is 5.92 Å². The quantitative estimate of drug-likeness (QED) is 0.423. The number of benzene rings is 3. The number of carbonyl (C=O) groups is 1. The van der Waals surface area contributed by atoms with Crippen LogP contribution in [-0.4, -0.2) is 17.3 Å². The van der Waals surface area contributed by atoms with Gasteiger partial charge < -0.3 is 11.5 Å². The van der Waals surface area contributed by atoms with E-state index in [9.17, 15) is 4.79 Å². The third-order valence-electron chi connectivity index (χ3n) is 7.05. The zero-order chi connectivity index (χ0) is 23.3. The van der Waals surface area contributed by atoms with Crippen LogP contribution in [-0.2, 0) is 9.95 Å². The van der Waals surface area contributed by atoms with Gasteiger partial charge in [0.05, 0.1) is 0 Å². The van der Waals surface area contributed by atoms with Crippen LogP contribution in [0.3, 0.4) is 0 Å². The number of hydrogen-bond donors (Lipinski definition) is 2. The highest BCUT2D eigenvalue weighted by atomic mass is 31.1. The van der Waals surface area contributed by atoms with Crippen LogP contribution in [0.25, 0.3) is 6.08 Å². The summed E-state index contributed by atoms with van der Waals surface area (Å²) >= 11 is 0. The van der Waals surface area contributed by atoms with E-state index in [-0.39, 0.29) is 11.1 Å². The van der Waals surface area contributed by atoms with Crippen LogP contribution in [0.1, 0.15) is 42.9 Å². The molecule has 4 N–H and O–H groups in total. The molecular weight excluding hydrogens is 423 g/mol. The molecule has 0 aromatic heterocycles. The van der Waals surface area contributed by atoms with Crippen molar-refractivity contribution in [2.24, 2.45) is 17.4 Å². The summed E-state index contributed by atoms with van der Waals surface area (Å²) in [5.41, 5.74) is 16.9. The Morgan fingerprint density at radius 1 is 0.909 bits per heavy atom. The fourth-order valence-electron chi connectivity index (χ4n) is 5.24. The van der Waals surface area contributed by atoms with Crippen molar-refractivity contribution in [1.29, 1.82) is 0 Å². The van der Waals surface area contributed by atoms with Gasteiger partial charge >= 0.3 is 0 Å². The molecule has 1 aliphatic rings. The number of amides is 1. The molecule has 3 atom stereocenters. The molecule has 4 rings (SSSR count). The van der Waals surface area contributed by atoms with Gasteiger partial charge in [0.2, 0.25) is 5.91 Å². The number of rotatable bonds is 7. The van der Waals surface area contributed by atoms with Gasteiger partial charge in [-0.25, -0.2) is 0 Å². The Kier molecular flexibility index (Phi) is 7.12. The third kappa shape index (κ3) is 4.40. The summed E-state index contributed by atoms with van der Waals surface area (Å²) in [4.78, 5) is 13.2. The fraction of sp³-hybridized carbons (Fsp3) is 0.276. The smallest absolute Gasteiger partial charge is 0.242 e. The van der Waals surface area contributed by atoms with Crippen molar-refractivity contribution in [3.8, 4) is 0 Å². The molecular formula is C29H33N2OP.